The normalized spacial score (nSPS) is 38.2. The summed E-state index contributed by atoms with van der Waals surface area (Å²) in [4.78, 5) is 0. The maximum atomic E-state index is 11.2. The highest BCUT2D eigenvalue weighted by Crippen LogP contribution is 2.34. The third-order valence-corrected chi connectivity index (χ3v) is 4.89. The van der Waals surface area contributed by atoms with Crippen LogP contribution in [0.5, 0.6) is 0 Å². The van der Waals surface area contributed by atoms with Crippen LogP contribution in [0.4, 0.5) is 0 Å². The van der Waals surface area contributed by atoms with E-state index in [1.165, 1.54) is 18.2 Å². The predicted molar refractivity (Wildman–Crippen MR) is 61.2 cm³/mol. The summed E-state index contributed by atoms with van der Waals surface area (Å²) in [7, 11) is -2.90. The van der Waals surface area contributed by atoms with Gasteiger partial charge < -0.3 is 5.32 Å². The lowest BCUT2D eigenvalue weighted by Gasteiger charge is -2.39. The maximum Gasteiger partial charge on any atom is 0.173 e. The highest BCUT2D eigenvalue weighted by atomic mass is 32.2. The molecule has 2 aliphatic rings. The lowest BCUT2D eigenvalue weighted by Crippen LogP contribution is -2.47. The van der Waals surface area contributed by atoms with Crippen LogP contribution in [0.1, 0.15) is 26.7 Å². The number of sulfone groups is 1. The van der Waals surface area contributed by atoms with Crippen molar-refractivity contribution in [2.45, 2.75) is 38.8 Å². The Labute approximate surface area is 91.9 Å². The van der Waals surface area contributed by atoms with Gasteiger partial charge in [0, 0.05) is 17.5 Å². The average Bonchev–Trinajstić information content (AvgIpc) is 2.36. The van der Waals surface area contributed by atoms with Crippen molar-refractivity contribution in [1.82, 2.24) is 5.32 Å². The van der Waals surface area contributed by atoms with Gasteiger partial charge in [-0.1, -0.05) is 19.9 Å². The first-order valence-electron chi connectivity index (χ1n) is 5.63. The lowest BCUT2D eigenvalue weighted by atomic mass is 9.73. The van der Waals surface area contributed by atoms with Crippen LogP contribution < -0.4 is 5.32 Å². The molecule has 4 heteroatoms. The molecule has 3 nitrogen and oxygen atoms in total. The van der Waals surface area contributed by atoms with Gasteiger partial charge in [0.15, 0.2) is 9.84 Å². The van der Waals surface area contributed by atoms with E-state index in [1.807, 2.05) is 0 Å². The molecule has 2 rings (SSSR count). The van der Waals surface area contributed by atoms with Crippen LogP contribution in [0.25, 0.3) is 0 Å². The van der Waals surface area contributed by atoms with E-state index in [0.717, 1.165) is 11.8 Å². The quantitative estimate of drug-likeness (QED) is 0.794. The summed E-state index contributed by atoms with van der Waals surface area (Å²) in [6.45, 7) is 4.50. The van der Waals surface area contributed by atoms with Crippen LogP contribution in [0, 0.1) is 11.8 Å². The third kappa shape index (κ3) is 2.61. The second-order valence-electron chi connectivity index (χ2n) is 5.10. The molecule has 1 saturated carbocycles. The second-order valence-corrected chi connectivity index (χ2v) is 7.03. The van der Waals surface area contributed by atoms with Crippen molar-refractivity contribution >= 4 is 9.84 Å². The zero-order valence-electron chi connectivity index (χ0n) is 9.31. The van der Waals surface area contributed by atoms with Crippen molar-refractivity contribution in [3.63, 3.8) is 0 Å². The van der Waals surface area contributed by atoms with E-state index in [-0.39, 0.29) is 11.8 Å². The Bertz CT molecular complexity index is 353. The molecule has 0 aromatic rings. The standard InChI is InChI=1S/C11H19NO2S/c1-8(2)9-5-11(6-9)12-10-3-4-15(13,14)7-10/h3-4,8-12H,5-7H2,1-2H3. The third-order valence-electron chi connectivity index (χ3n) is 3.50. The van der Waals surface area contributed by atoms with Gasteiger partial charge in [-0.05, 0) is 24.7 Å². The molecule has 0 aromatic carbocycles. The molecule has 0 saturated heterocycles. The first-order chi connectivity index (χ1) is 6.96. The highest BCUT2D eigenvalue weighted by molar-refractivity contribution is 7.94. The molecule has 1 fully saturated rings. The highest BCUT2D eigenvalue weighted by Gasteiger charge is 2.33. The molecule has 86 valence electrons. The first-order valence-corrected chi connectivity index (χ1v) is 7.35. The number of hydrogen-bond acceptors (Lipinski definition) is 3. The van der Waals surface area contributed by atoms with E-state index in [1.54, 1.807) is 6.08 Å². The second kappa shape index (κ2) is 3.91. The molecule has 0 spiro atoms. The molecule has 1 aliphatic carbocycles. The topological polar surface area (TPSA) is 46.2 Å². The number of rotatable bonds is 3. The molecule has 15 heavy (non-hydrogen) atoms. The van der Waals surface area contributed by atoms with Crippen LogP contribution in [0.3, 0.4) is 0 Å². The molecule has 0 radical (unpaired) electrons. The molecular formula is C11H19NO2S. The summed E-state index contributed by atoms with van der Waals surface area (Å²) in [5, 5.41) is 4.73. The largest absolute Gasteiger partial charge is 0.307 e. The summed E-state index contributed by atoms with van der Waals surface area (Å²) in [5.41, 5.74) is 0. The zero-order valence-corrected chi connectivity index (χ0v) is 10.1. The summed E-state index contributed by atoms with van der Waals surface area (Å²) in [6.07, 6.45) is 4.17. The van der Waals surface area contributed by atoms with E-state index in [0.29, 0.717) is 6.04 Å². The van der Waals surface area contributed by atoms with Crippen molar-refractivity contribution in [2.24, 2.45) is 11.8 Å². The van der Waals surface area contributed by atoms with Crippen LogP contribution >= 0.6 is 0 Å². The Morgan fingerprint density at radius 2 is 2.00 bits per heavy atom. The Kier molecular flexibility index (Phi) is 2.90. The van der Waals surface area contributed by atoms with E-state index in [9.17, 15) is 8.42 Å². The van der Waals surface area contributed by atoms with Crippen LogP contribution in [-0.2, 0) is 9.84 Å². The summed E-state index contributed by atoms with van der Waals surface area (Å²) < 4.78 is 22.3. The van der Waals surface area contributed by atoms with Gasteiger partial charge in [-0.3, -0.25) is 0 Å². The van der Waals surface area contributed by atoms with E-state index in [2.05, 4.69) is 19.2 Å². The average molecular weight is 229 g/mol. The van der Waals surface area contributed by atoms with E-state index < -0.39 is 9.84 Å². The van der Waals surface area contributed by atoms with Crippen molar-refractivity contribution in [2.75, 3.05) is 5.75 Å². The van der Waals surface area contributed by atoms with Gasteiger partial charge in [0.05, 0.1) is 5.75 Å². The van der Waals surface area contributed by atoms with Crippen molar-refractivity contribution in [3.8, 4) is 0 Å². The molecule has 1 unspecified atom stereocenters. The SMILES string of the molecule is CC(C)C1CC(NC2C=CS(=O)(=O)C2)C1. The zero-order chi connectivity index (χ0) is 11.1. The molecule has 0 bridgehead atoms. The van der Waals surface area contributed by atoms with Gasteiger partial charge in [-0.2, -0.15) is 0 Å². The van der Waals surface area contributed by atoms with E-state index >= 15 is 0 Å². The van der Waals surface area contributed by atoms with Gasteiger partial charge in [0.25, 0.3) is 0 Å². The fraction of sp³-hybridized carbons (Fsp3) is 0.818. The Balaban J connectivity index is 1.76. The van der Waals surface area contributed by atoms with Crippen molar-refractivity contribution < 1.29 is 8.42 Å². The molecule has 1 atom stereocenters. The summed E-state index contributed by atoms with van der Waals surface area (Å²) >= 11 is 0. The van der Waals surface area contributed by atoms with Crippen molar-refractivity contribution in [1.29, 1.82) is 0 Å². The fourth-order valence-electron chi connectivity index (χ4n) is 2.32. The van der Waals surface area contributed by atoms with Gasteiger partial charge in [0.1, 0.15) is 0 Å². The van der Waals surface area contributed by atoms with Crippen molar-refractivity contribution in [3.05, 3.63) is 11.5 Å². The molecule has 0 aromatic heterocycles. The molecule has 0 amide bonds. The van der Waals surface area contributed by atoms with Crippen LogP contribution in [0.15, 0.2) is 11.5 Å². The lowest BCUT2D eigenvalue weighted by molar-refractivity contribution is 0.165. The molecular weight excluding hydrogens is 210 g/mol. The van der Waals surface area contributed by atoms with Gasteiger partial charge in [0.2, 0.25) is 0 Å². The number of hydrogen-bond donors (Lipinski definition) is 1. The summed E-state index contributed by atoms with van der Waals surface area (Å²) in [6, 6.07) is 0.577. The van der Waals surface area contributed by atoms with E-state index in [4.69, 9.17) is 0 Å². The maximum absolute atomic E-state index is 11.2. The van der Waals surface area contributed by atoms with Crippen LogP contribution in [-0.4, -0.2) is 26.3 Å². The molecule has 1 aliphatic heterocycles. The smallest absolute Gasteiger partial charge is 0.173 e. The van der Waals surface area contributed by atoms with Crippen LogP contribution in [0.2, 0.25) is 0 Å². The first kappa shape index (κ1) is 11.1. The van der Waals surface area contributed by atoms with Gasteiger partial charge >= 0.3 is 0 Å². The summed E-state index contributed by atoms with van der Waals surface area (Å²) in [5.74, 6) is 1.82. The predicted octanol–water partition coefficient (Wildman–Crippen LogP) is 1.32. The minimum atomic E-state index is -2.90. The Morgan fingerprint density at radius 3 is 2.47 bits per heavy atom. The number of nitrogens with one attached hydrogen (secondary N) is 1. The fourth-order valence-corrected chi connectivity index (χ4v) is 3.57. The van der Waals surface area contributed by atoms with Gasteiger partial charge in [-0.15, -0.1) is 0 Å². The molecule has 1 heterocycles. The molecule has 1 N–H and O–H groups in total. The Hall–Kier alpha value is -0.350. The minimum absolute atomic E-state index is 0.0492. The monoisotopic (exact) mass is 229 g/mol. The Morgan fingerprint density at radius 1 is 1.33 bits per heavy atom. The minimum Gasteiger partial charge on any atom is -0.307 e. The van der Waals surface area contributed by atoms with Gasteiger partial charge in [-0.25, -0.2) is 8.42 Å².